The first-order chi connectivity index (χ1) is 6.42. The van der Waals surface area contributed by atoms with Crippen molar-refractivity contribution in [3.05, 3.63) is 22.4 Å². The maximum Gasteiger partial charge on any atom is 0.573 e. The van der Waals surface area contributed by atoms with Gasteiger partial charge in [0.2, 0.25) is 0 Å². The van der Waals surface area contributed by atoms with Gasteiger partial charge in [-0.05, 0) is 28.1 Å². The van der Waals surface area contributed by atoms with Crippen LogP contribution < -0.4 is 4.74 Å². The van der Waals surface area contributed by atoms with Crippen LogP contribution in [0.5, 0.6) is 5.75 Å². The molecule has 1 aromatic heterocycles. The zero-order valence-corrected chi connectivity index (χ0v) is 8.19. The molecule has 0 bridgehead atoms. The van der Waals surface area contributed by atoms with Crippen LogP contribution in [0.4, 0.5) is 17.6 Å². The average molecular weight is 274 g/mol. The SMILES string of the molecule is FCc1nc(Br)ccc1OC(F)(F)F. The Morgan fingerprint density at radius 1 is 1.36 bits per heavy atom. The van der Waals surface area contributed by atoms with Gasteiger partial charge in [-0.25, -0.2) is 9.37 Å². The van der Waals surface area contributed by atoms with E-state index in [4.69, 9.17) is 0 Å². The first kappa shape index (κ1) is 11.2. The lowest BCUT2D eigenvalue weighted by atomic mass is 10.3. The summed E-state index contributed by atoms with van der Waals surface area (Å²) in [5, 5.41) is 0. The monoisotopic (exact) mass is 273 g/mol. The Labute approximate surface area is 85.0 Å². The van der Waals surface area contributed by atoms with Crippen LogP contribution in [-0.2, 0) is 6.67 Å². The van der Waals surface area contributed by atoms with Crippen molar-refractivity contribution >= 4 is 15.9 Å². The van der Waals surface area contributed by atoms with E-state index in [2.05, 4.69) is 25.7 Å². The Balaban J connectivity index is 2.97. The molecule has 0 unspecified atom stereocenters. The third-order valence-corrected chi connectivity index (χ3v) is 1.69. The largest absolute Gasteiger partial charge is 0.573 e. The van der Waals surface area contributed by atoms with Gasteiger partial charge in [0.05, 0.1) is 0 Å². The minimum absolute atomic E-state index is 0.250. The highest BCUT2D eigenvalue weighted by atomic mass is 79.9. The molecule has 1 aromatic rings. The van der Waals surface area contributed by atoms with Crippen LogP contribution in [0.25, 0.3) is 0 Å². The van der Waals surface area contributed by atoms with Gasteiger partial charge in [0.1, 0.15) is 17.0 Å². The minimum atomic E-state index is -4.83. The summed E-state index contributed by atoms with van der Waals surface area (Å²) in [5.41, 5.74) is -0.392. The number of hydrogen-bond donors (Lipinski definition) is 0. The highest BCUT2D eigenvalue weighted by Gasteiger charge is 2.32. The molecule has 1 heterocycles. The van der Waals surface area contributed by atoms with Crippen molar-refractivity contribution in [2.24, 2.45) is 0 Å². The first-order valence-corrected chi connectivity index (χ1v) is 4.19. The van der Waals surface area contributed by atoms with Crippen molar-refractivity contribution in [2.45, 2.75) is 13.0 Å². The van der Waals surface area contributed by atoms with Crippen molar-refractivity contribution in [2.75, 3.05) is 0 Å². The lowest BCUT2D eigenvalue weighted by molar-refractivity contribution is -0.275. The van der Waals surface area contributed by atoms with Gasteiger partial charge >= 0.3 is 6.36 Å². The van der Waals surface area contributed by atoms with Gasteiger partial charge < -0.3 is 4.74 Å². The van der Waals surface area contributed by atoms with Gasteiger partial charge in [0.15, 0.2) is 5.75 Å². The van der Waals surface area contributed by atoms with Crippen LogP contribution in [0.2, 0.25) is 0 Å². The molecule has 0 aliphatic carbocycles. The molecule has 0 aromatic carbocycles. The smallest absolute Gasteiger partial charge is 0.404 e. The van der Waals surface area contributed by atoms with E-state index in [1.165, 1.54) is 6.07 Å². The molecule has 0 amide bonds. The van der Waals surface area contributed by atoms with Crippen molar-refractivity contribution in [3.63, 3.8) is 0 Å². The molecule has 0 N–H and O–H groups in total. The van der Waals surface area contributed by atoms with Gasteiger partial charge in [-0.2, -0.15) is 0 Å². The fourth-order valence-electron chi connectivity index (χ4n) is 0.775. The van der Waals surface area contributed by atoms with Crippen LogP contribution >= 0.6 is 15.9 Å². The number of aromatic nitrogens is 1. The van der Waals surface area contributed by atoms with Crippen molar-refractivity contribution in [1.82, 2.24) is 4.98 Å². The predicted octanol–water partition coefficient (Wildman–Crippen LogP) is 3.21. The second kappa shape index (κ2) is 4.12. The summed E-state index contributed by atoms with van der Waals surface area (Å²) in [6.07, 6.45) is -4.83. The number of ether oxygens (including phenoxy) is 1. The number of pyridine rings is 1. The normalized spacial score (nSPS) is 11.5. The fraction of sp³-hybridized carbons (Fsp3) is 0.286. The molecule has 0 fully saturated rings. The number of rotatable bonds is 2. The molecular formula is C7H4BrF4NO. The fourth-order valence-corrected chi connectivity index (χ4v) is 1.12. The lowest BCUT2D eigenvalue weighted by Crippen LogP contribution is -2.18. The summed E-state index contributed by atoms with van der Waals surface area (Å²) in [6, 6.07) is 2.24. The second-order valence-electron chi connectivity index (χ2n) is 2.26. The molecule has 0 radical (unpaired) electrons. The van der Waals surface area contributed by atoms with E-state index in [9.17, 15) is 17.6 Å². The van der Waals surface area contributed by atoms with Gasteiger partial charge in [-0.1, -0.05) is 0 Å². The van der Waals surface area contributed by atoms with Crippen molar-refractivity contribution in [3.8, 4) is 5.75 Å². The molecule has 0 aliphatic heterocycles. The zero-order valence-electron chi connectivity index (χ0n) is 6.61. The molecule has 0 atom stereocenters. The quantitative estimate of drug-likeness (QED) is 0.610. The highest BCUT2D eigenvalue weighted by Crippen LogP contribution is 2.27. The number of hydrogen-bond acceptors (Lipinski definition) is 2. The minimum Gasteiger partial charge on any atom is -0.404 e. The van der Waals surface area contributed by atoms with Crippen LogP contribution in [0.3, 0.4) is 0 Å². The van der Waals surface area contributed by atoms with E-state index in [0.29, 0.717) is 0 Å². The van der Waals surface area contributed by atoms with E-state index < -0.39 is 24.5 Å². The molecular weight excluding hydrogens is 270 g/mol. The molecule has 0 saturated carbocycles. The Bertz CT molecular complexity index is 328. The summed E-state index contributed by atoms with van der Waals surface area (Å²) < 4.78 is 51.3. The second-order valence-corrected chi connectivity index (χ2v) is 3.07. The van der Waals surface area contributed by atoms with E-state index in [0.717, 1.165) is 6.07 Å². The number of nitrogens with zero attached hydrogens (tertiary/aromatic N) is 1. The maximum atomic E-state index is 12.2. The molecule has 2 nitrogen and oxygen atoms in total. The molecule has 0 spiro atoms. The van der Waals surface area contributed by atoms with E-state index in [-0.39, 0.29) is 4.60 Å². The van der Waals surface area contributed by atoms with E-state index in [1.807, 2.05) is 0 Å². The molecule has 0 saturated heterocycles. The Morgan fingerprint density at radius 2 is 2.00 bits per heavy atom. The van der Waals surface area contributed by atoms with Crippen LogP contribution in [-0.4, -0.2) is 11.3 Å². The zero-order chi connectivity index (χ0) is 10.8. The van der Waals surface area contributed by atoms with E-state index in [1.54, 1.807) is 0 Å². The van der Waals surface area contributed by atoms with Gasteiger partial charge in [-0.15, -0.1) is 13.2 Å². The average Bonchev–Trinajstić information content (AvgIpc) is 2.06. The maximum absolute atomic E-state index is 12.2. The van der Waals surface area contributed by atoms with Gasteiger partial charge in [-0.3, -0.25) is 0 Å². The summed E-state index contributed by atoms with van der Waals surface area (Å²) >= 11 is 2.90. The summed E-state index contributed by atoms with van der Waals surface area (Å²) in [7, 11) is 0. The Kier molecular flexibility index (Phi) is 3.30. The number of alkyl halides is 4. The Hall–Kier alpha value is -0.850. The molecule has 1 rings (SSSR count). The Morgan fingerprint density at radius 3 is 2.50 bits per heavy atom. The van der Waals surface area contributed by atoms with Crippen molar-refractivity contribution in [1.29, 1.82) is 0 Å². The van der Waals surface area contributed by atoms with E-state index >= 15 is 0 Å². The summed E-state index contributed by atoms with van der Waals surface area (Å²) in [5.74, 6) is -0.622. The standard InChI is InChI=1S/C7H4BrF4NO/c8-6-2-1-5(4(3-9)13-6)14-7(10,11)12/h1-2H,3H2. The third-order valence-electron chi connectivity index (χ3n) is 1.25. The van der Waals surface area contributed by atoms with Crippen LogP contribution in [0.15, 0.2) is 16.7 Å². The molecule has 7 heteroatoms. The molecule has 14 heavy (non-hydrogen) atoms. The van der Waals surface area contributed by atoms with Crippen LogP contribution in [0, 0.1) is 0 Å². The summed E-state index contributed by atoms with van der Waals surface area (Å²) in [4.78, 5) is 3.49. The topological polar surface area (TPSA) is 22.1 Å². The first-order valence-electron chi connectivity index (χ1n) is 3.39. The van der Waals surface area contributed by atoms with Crippen molar-refractivity contribution < 1.29 is 22.3 Å². The lowest BCUT2D eigenvalue weighted by Gasteiger charge is -2.10. The van der Waals surface area contributed by atoms with Gasteiger partial charge in [0.25, 0.3) is 0 Å². The van der Waals surface area contributed by atoms with Gasteiger partial charge in [0, 0.05) is 0 Å². The third kappa shape index (κ3) is 3.13. The summed E-state index contributed by atoms with van der Waals surface area (Å²) in [6.45, 7) is -1.12. The van der Waals surface area contributed by atoms with Crippen LogP contribution in [0.1, 0.15) is 5.69 Å². The molecule has 78 valence electrons. The predicted molar refractivity (Wildman–Crippen MR) is 43.4 cm³/mol. The highest BCUT2D eigenvalue weighted by molar-refractivity contribution is 9.10. The number of halogens is 5. The molecule has 0 aliphatic rings.